The highest BCUT2D eigenvalue weighted by atomic mass is 16.5. The van der Waals surface area contributed by atoms with Crippen molar-refractivity contribution in [1.29, 1.82) is 0 Å². The van der Waals surface area contributed by atoms with E-state index in [1.54, 1.807) is 7.11 Å². The average molecular weight is 331 g/mol. The van der Waals surface area contributed by atoms with Gasteiger partial charge in [-0.3, -0.25) is 14.9 Å². The van der Waals surface area contributed by atoms with Crippen molar-refractivity contribution in [3.8, 4) is 5.75 Å². The number of benzene rings is 1. The van der Waals surface area contributed by atoms with E-state index in [1.807, 2.05) is 25.1 Å². The summed E-state index contributed by atoms with van der Waals surface area (Å²) in [5, 5.41) is 5.84. The van der Waals surface area contributed by atoms with Gasteiger partial charge in [0.25, 0.3) is 0 Å². The zero-order valence-corrected chi connectivity index (χ0v) is 14.5. The van der Waals surface area contributed by atoms with E-state index in [-0.39, 0.29) is 11.8 Å². The van der Waals surface area contributed by atoms with Crippen LogP contribution in [-0.4, -0.2) is 44.6 Å². The van der Waals surface area contributed by atoms with Crippen LogP contribution in [0.2, 0.25) is 0 Å². The van der Waals surface area contributed by atoms with Gasteiger partial charge in [-0.05, 0) is 38.0 Å². The number of piperazine rings is 1. The van der Waals surface area contributed by atoms with E-state index in [2.05, 4.69) is 22.5 Å². The fourth-order valence-corrected chi connectivity index (χ4v) is 3.54. The minimum absolute atomic E-state index is 0.198. The van der Waals surface area contributed by atoms with E-state index in [1.165, 1.54) is 0 Å². The Morgan fingerprint density at radius 1 is 1.33 bits per heavy atom. The number of methoxy groups -OCH3 is 1. The van der Waals surface area contributed by atoms with Crippen molar-refractivity contribution in [2.24, 2.45) is 0 Å². The molecule has 0 saturated carbocycles. The average Bonchev–Trinajstić information content (AvgIpc) is 2.58. The topological polar surface area (TPSA) is 70.7 Å². The van der Waals surface area contributed by atoms with Crippen LogP contribution in [0.15, 0.2) is 18.2 Å². The van der Waals surface area contributed by atoms with Gasteiger partial charge in [0.2, 0.25) is 11.8 Å². The highest BCUT2D eigenvalue weighted by Gasteiger charge is 2.40. The van der Waals surface area contributed by atoms with Gasteiger partial charge in [0.15, 0.2) is 0 Å². The molecule has 0 spiro atoms. The van der Waals surface area contributed by atoms with Gasteiger partial charge < -0.3 is 15.0 Å². The van der Waals surface area contributed by atoms with E-state index in [9.17, 15) is 9.59 Å². The summed E-state index contributed by atoms with van der Waals surface area (Å²) < 4.78 is 5.62. The zero-order valence-electron chi connectivity index (χ0n) is 14.5. The number of hydrogen-bond acceptors (Lipinski definition) is 5. The van der Waals surface area contributed by atoms with Crippen molar-refractivity contribution < 1.29 is 14.3 Å². The Balaban J connectivity index is 1.94. The molecule has 2 aliphatic heterocycles. The molecule has 2 fully saturated rings. The summed E-state index contributed by atoms with van der Waals surface area (Å²) >= 11 is 0. The number of nitrogens with zero attached hydrogens (tertiary/aromatic N) is 1. The number of nitrogens with one attached hydrogen (secondary N) is 2. The lowest BCUT2D eigenvalue weighted by Gasteiger charge is -2.37. The van der Waals surface area contributed by atoms with E-state index >= 15 is 0 Å². The Hall–Kier alpha value is -2.08. The molecule has 0 unspecified atom stereocenters. The molecular formula is C18H25N3O3. The third-order valence-electron chi connectivity index (χ3n) is 5.23. The SMILES string of the molecule is COc1cc([C@@]2(C)CCC(=O)NC2=O)ccc1N1CCNC[C@@H]1C. The van der Waals surface area contributed by atoms with Crippen molar-refractivity contribution in [2.45, 2.75) is 38.1 Å². The molecule has 2 saturated heterocycles. The molecule has 0 radical (unpaired) electrons. The van der Waals surface area contributed by atoms with Crippen LogP contribution in [0.25, 0.3) is 0 Å². The van der Waals surface area contributed by atoms with Crippen LogP contribution >= 0.6 is 0 Å². The number of rotatable bonds is 3. The summed E-state index contributed by atoms with van der Waals surface area (Å²) in [4.78, 5) is 26.1. The number of amides is 2. The number of carbonyl (C=O) groups excluding carboxylic acids is 2. The molecule has 3 rings (SSSR count). The summed E-state index contributed by atoms with van der Waals surface area (Å²) in [6, 6.07) is 6.34. The number of hydrogen-bond donors (Lipinski definition) is 2. The van der Waals surface area contributed by atoms with Gasteiger partial charge in [-0.15, -0.1) is 0 Å². The van der Waals surface area contributed by atoms with Gasteiger partial charge in [0.05, 0.1) is 18.2 Å². The molecule has 2 heterocycles. The summed E-state index contributed by atoms with van der Waals surface area (Å²) in [6.45, 7) is 6.87. The van der Waals surface area contributed by atoms with Crippen LogP contribution < -0.4 is 20.3 Å². The third kappa shape index (κ3) is 2.86. The van der Waals surface area contributed by atoms with E-state index in [0.717, 1.165) is 36.6 Å². The standard InChI is InChI=1S/C18H25N3O3/c1-12-11-19-8-9-21(12)14-5-4-13(10-15(14)24-3)18(2)7-6-16(22)20-17(18)23/h4-5,10,12,19H,6-9,11H2,1-3H3,(H,20,22,23)/t12-,18+/m0/s1. The summed E-state index contributed by atoms with van der Waals surface area (Å²) in [5.41, 5.74) is 1.23. The van der Waals surface area contributed by atoms with E-state index < -0.39 is 5.41 Å². The van der Waals surface area contributed by atoms with Gasteiger partial charge in [0, 0.05) is 32.1 Å². The Bertz CT molecular complexity index is 661. The number of carbonyl (C=O) groups is 2. The molecule has 2 amide bonds. The summed E-state index contributed by atoms with van der Waals surface area (Å²) in [7, 11) is 1.66. The zero-order chi connectivity index (χ0) is 17.3. The molecule has 0 aromatic heterocycles. The smallest absolute Gasteiger partial charge is 0.236 e. The fourth-order valence-electron chi connectivity index (χ4n) is 3.54. The number of ether oxygens (including phenoxy) is 1. The second-order valence-electron chi connectivity index (χ2n) is 6.84. The van der Waals surface area contributed by atoms with Gasteiger partial charge in [-0.2, -0.15) is 0 Å². The Morgan fingerprint density at radius 3 is 2.79 bits per heavy atom. The molecule has 2 N–H and O–H groups in total. The van der Waals surface area contributed by atoms with Crippen LogP contribution in [0, 0.1) is 0 Å². The van der Waals surface area contributed by atoms with Gasteiger partial charge in [0.1, 0.15) is 5.75 Å². The number of anilines is 1. The lowest BCUT2D eigenvalue weighted by atomic mass is 9.75. The monoisotopic (exact) mass is 331 g/mol. The largest absolute Gasteiger partial charge is 0.495 e. The first kappa shape index (κ1) is 16.8. The van der Waals surface area contributed by atoms with Crippen LogP contribution in [-0.2, 0) is 15.0 Å². The summed E-state index contributed by atoms with van der Waals surface area (Å²) in [6.07, 6.45) is 0.880. The van der Waals surface area contributed by atoms with Crippen molar-refractivity contribution in [3.05, 3.63) is 23.8 Å². The first-order valence-electron chi connectivity index (χ1n) is 8.46. The Labute approximate surface area is 142 Å². The second-order valence-corrected chi connectivity index (χ2v) is 6.84. The molecule has 130 valence electrons. The lowest BCUT2D eigenvalue weighted by Crippen LogP contribution is -2.50. The van der Waals surface area contributed by atoms with Gasteiger partial charge in [-0.25, -0.2) is 0 Å². The Kier molecular flexibility index (Phi) is 4.49. The molecule has 0 aliphatic carbocycles. The molecule has 24 heavy (non-hydrogen) atoms. The predicted octanol–water partition coefficient (Wildman–Crippen LogP) is 1.19. The lowest BCUT2D eigenvalue weighted by molar-refractivity contribution is -0.137. The second kappa shape index (κ2) is 6.43. The number of imide groups is 1. The molecule has 0 bridgehead atoms. The van der Waals surface area contributed by atoms with Crippen molar-refractivity contribution in [1.82, 2.24) is 10.6 Å². The predicted molar refractivity (Wildman–Crippen MR) is 92.4 cm³/mol. The molecule has 2 aliphatic rings. The molecular weight excluding hydrogens is 306 g/mol. The molecule has 6 nitrogen and oxygen atoms in total. The first-order valence-corrected chi connectivity index (χ1v) is 8.46. The highest BCUT2D eigenvalue weighted by molar-refractivity contribution is 6.03. The minimum atomic E-state index is -0.700. The maximum Gasteiger partial charge on any atom is 0.236 e. The van der Waals surface area contributed by atoms with Gasteiger partial charge in [-0.1, -0.05) is 6.07 Å². The van der Waals surface area contributed by atoms with Crippen molar-refractivity contribution in [3.63, 3.8) is 0 Å². The number of piperidine rings is 1. The van der Waals surface area contributed by atoms with Crippen LogP contribution in [0.5, 0.6) is 5.75 Å². The van der Waals surface area contributed by atoms with E-state index in [4.69, 9.17) is 4.74 Å². The fraction of sp³-hybridized carbons (Fsp3) is 0.556. The van der Waals surface area contributed by atoms with Gasteiger partial charge >= 0.3 is 0 Å². The van der Waals surface area contributed by atoms with E-state index in [0.29, 0.717) is 18.9 Å². The molecule has 1 aromatic rings. The minimum Gasteiger partial charge on any atom is -0.495 e. The Morgan fingerprint density at radius 2 is 2.12 bits per heavy atom. The highest BCUT2D eigenvalue weighted by Crippen LogP contribution is 2.38. The first-order chi connectivity index (χ1) is 11.5. The maximum atomic E-state index is 12.4. The summed E-state index contributed by atoms with van der Waals surface area (Å²) in [5.74, 6) is 0.340. The normalized spacial score (nSPS) is 27.8. The van der Waals surface area contributed by atoms with Crippen molar-refractivity contribution >= 4 is 17.5 Å². The van der Waals surface area contributed by atoms with Crippen molar-refractivity contribution in [2.75, 3.05) is 31.6 Å². The van der Waals surface area contributed by atoms with Crippen LogP contribution in [0.1, 0.15) is 32.3 Å². The third-order valence-corrected chi connectivity index (χ3v) is 5.23. The van der Waals surface area contributed by atoms with Crippen LogP contribution in [0.4, 0.5) is 5.69 Å². The molecule has 1 aromatic carbocycles. The quantitative estimate of drug-likeness (QED) is 0.814. The van der Waals surface area contributed by atoms with Crippen LogP contribution in [0.3, 0.4) is 0 Å². The maximum absolute atomic E-state index is 12.4. The molecule has 6 heteroatoms. The molecule has 2 atom stereocenters.